The van der Waals surface area contributed by atoms with Gasteiger partial charge in [0, 0.05) is 30.5 Å². The molecule has 0 unspecified atom stereocenters. The molecule has 1 N–H and O–H groups in total. The van der Waals surface area contributed by atoms with Crippen molar-refractivity contribution in [3.63, 3.8) is 0 Å². The Morgan fingerprint density at radius 3 is 2.77 bits per heavy atom. The highest BCUT2D eigenvalue weighted by atomic mass is 16.5. The lowest BCUT2D eigenvalue weighted by molar-refractivity contribution is 0.0724. The Balaban J connectivity index is 1.56. The highest BCUT2D eigenvalue weighted by molar-refractivity contribution is 5.93. The number of pyridine rings is 1. The van der Waals surface area contributed by atoms with Gasteiger partial charge < -0.3 is 9.64 Å². The Morgan fingerprint density at radius 1 is 1.23 bits per heavy atom. The number of hydrogen-bond donors (Lipinski definition) is 1. The van der Waals surface area contributed by atoms with E-state index in [-0.39, 0.29) is 5.91 Å². The van der Waals surface area contributed by atoms with Crippen LogP contribution in [0.5, 0.6) is 5.75 Å². The van der Waals surface area contributed by atoms with Gasteiger partial charge in [0.15, 0.2) is 0 Å². The third-order valence-electron chi connectivity index (χ3n) is 4.52. The predicted octanol–water partition coefficient (Wildman–Crippen LogP) is 3.29. The first-order chi connectivity index (χ1) is 12.7. The lowest BCUT2D eigenvalue weighted by atomic mass is 10.1. The number of carbonyl (C=O) groups is 1. The summed E-state index contributed by atoms with van der Waals surface area (Å²) >= 11 is 0. The Kier molecular flexibility index (Phi) is 4.39. The van der Waals surface area contributed by atoms with Crippen molar-refractivity contribution in [3.8, 4) is 17.0 Å². The Morgan fingerprint density at radius 2 is 2.04 bits per heavy atom. The highest BCUT2D eigenvalue weighted by Gasteiger charge is 2.33. The first-order valence-electron chi connectivity index (χ1n) is 8.64. The van der Waals surface area contributed by atoms with Crippen LogP contribution in [0.3, 0.4) is 0 Å². The smallest absolute Gasteiger partial charge is 0.272 e. The molecule has 1 amide bonds. The van der Waals surface area contributed by atoms with E-state index in [1.807, 2.05) is 41.3 Å². The van der Waals surface area contributed by atoms with Crippen molar-refractivity contribution in [1.82, 2.24) is 20.1 Å². The first-order valence-corrected chi connectivity index (χ1v) is 8.64. The fraction of sp³-hybridized carbons (Fsp3) is 0.250. The van der Waals surface area contributed by atoms with Crippen molar-refractivity contribution < 1.29 is 9.53 Å². The summed E-state index contributed by atoms with van der Waals surface area (Å²) in [6, 6.07) is 13.6. The number of benzene rings is 1. The molecule has 0 bridgehead atoms. The van der Waals surface area contributed by atoms with Gasteiger partial charge in [-0.05, 0) is 48.7 Å². The molecule has 1 saturated carbocycles. The maximum absolute atomic E-state index is 13.0. The van der Waals surface area contributed by atoms with E-state index < -0.39 is 0 Å². The summed E-state index contributed by atoms with van der Waals surface area (Å²) in [5.74, 6) is 0.738. The molecule has 6 heteroatoms. The molecule has 0 saturated heterocycles. The number of aromatic amines is 1. The Bertz CT molecular complexity index is 903. The third kappa shape index (κ3) is 3.44. The van der Waals surface area contributed by atoms with Crippen molar-refractivity contribution in [3.05, 3.63) is 66.1 Å². The van der Waals surface area contributed by atoms with E-state index in [1.165, 1.54) is 0 Å². The molecule has 26 heavy (non-hydrogen) atoms. The van der Waals surface area contributed by atoms with Gasteiger partial charge in [-0.25, -0.2) is 0 Å². The molecule has 4 rings (SSSR count). The Hall–Kier alpha value is -3.15. The molecule has 1 aromatic carbocycles. The normalized spacial score (nSPS) is 13.4. The molecule has 2 aromatic heterocycles. The molecule has 2 heterocycles. The summed E-state index contributed by atoms with van der Waals surface area (Å²) in [7, 11) is 1.63. The van der Waals surface area contributed by atoms with Crippen LogP contribution in [0, 0.1) is 0 Å². The van der Waals surface area contributed by atoms with Gasteiger partial charge in [-0.1, -0.05) is 12.1 Å². The number of amides is 1. The number of methoxy groups -OCH3 is 1. The number of hydrogen-bond acceptors (Lipinski definition) is 4. The van der Waals surface area contributed by atoms with Gasteiger partial charge in [-0.15, -0.1) is 0 Å². The standard InChI is InChI=1S/C20H20N4O2/c1-26-17-4-2-3-15(11-17)18-12-19(23-22-18)20(25)24(16-5-6-16)13-14-7-9-21-10-8-14/h2-4,7-12,16H,5-6,13H2,1H3,(H,22,23). The summed E-state index contributed by atoms with van der Waals surface area (Å²) in [5, 5.41) is 7.21. The molecule has 0 radical (unpaired) electrons. The van der Waals surface area contributed by atoms with Crippen LogP contribution in [0.15, 0.2) is 54.9 Å². The SMILES string of the molecule is COc1cccc(-c2cc(C(=O)N(Cc3ccncc3)C3CC3)[nH]n2)c1. The minimum absolute atomic E-state index is 0.0223. The average Bonchev–Trinajstić information content (AvgIpc) is 3.42. The highest BCUT2D eigenvalue weighted by Crippen LogP contribution is 2.30. The van der Waals surface area contributed by atoms with Crippen LogP contribution in [0.1, 0.15) is 28.9 Å². The quantitative estimate of drug-likeness (QED) is 0.742. The Labute approximate surface area is 151 Å². The maximum Gasteiger partial charge on any atom is 0.272 e. The fourth-order valence-corrected chi connectivity index (χ4v) is 2.95. The number of nitrogens with one attached hydrogen (secondary N) is 1. The second-order valence-electron chi connectivity index (χ2n) is 6.42. The van der Waals surface area contributed by atoms with Crippen molar-refractivity contribution in [2.24, 2.45) is 0 Å². The lowest BCUT2D eigenvalue weighted by Gasteiger charge is -2.21. The van der Waals surface area contributed by atoms with E-state index in [1.54, 1.807) is 25.6 Å². The molecule has 3 aromatic rings. The average molecular weight is 348 g/mol. The molecule has 0 aliphatic heterocycles. The first kappa shape index (κ1) is 16.3. The molecular formula is C20H20N4O2. The van der Waals surface area contributed by atoms with E-state index in [0.717, 1.165) is 35.4 Å². The molecule has 132 valence electrons. The summed E-state index contributed by atoms with van der Waals surface area (Å²) in [5.41, 5.74) is 3.22. The van der Waals surface area contributed by atoms with Gasteiger partial charge in [0.1, 0.15) is 11.4 Å². The zero-order valence-electron chi connectivity index (χ0n) is 14.6. The number of rotatable bonds is 6. The lowest BCUT2D eigenvalue weighted by Crippen LogP contribution is -2.32. The van der Waals surface area contributed by atoms with Crippen molar-refractivity contribution in [1.29, 1.82) is 0 Å². The molecule has 1 aliphatic rings. The van der Waals surface area contributed by atoms with E-state index >= 15 is 0 Å². The van der Waals surface area contributed by atoms with Gasteiger partial charge in [0.25, 0.3) is 5.91 Å². The van der Waals surface area contributed by atoms with Crippen LogP contribution in [0.4, 0.5) is 0 Å². The monoisotopic (exact) mass is 348 g/mol. The third-order valence-corrected chi connectivity index (χ3v) is 4.52. The van der Waals surface area contributed by atoms with Crippen molar-refractivity contribution in [2.75, 3.05) is 7.11 Å². The van der Waals surface area contributed by atoms with Crippen molar-refractivity contribution in [2.45, 2.75) is 25.4 Å². The van der Waals surface area contributed by atoms with E-state index in [0.29, 0.717) is 18.3 Å². The van der Waals surface area contributed by atoms with Crippen LogP contribution in [0.25, 0.3) is 11.3 Å². The number of aromatic nitrogens is 3. The van der Waals surface area contributed by atoms with Crippen LogP contribution in [0.2, 0.25) is 0 Å². The molecule has 1 aliphatic carbocycles. The van der Waals surface area contributed by atoms with Crippen LogP contribution in [-0.4, -0.2) is 39.1 Å². The summed E-state index contributed by atoms with van der Waals surface area (Å²) in [4.78, 5) is 19.0. The van der Waals surface area contributed by atoms with Crippen LogP contribution in [-0.2, 0) is 6.54 Å². The predicted molar refractivity (Wildman–Crippen MR) is 97.7 cm³/mol. The maximum atomic E-state index is 13.0. The zero-order valence-corrected chi connectivity index (χ0v) is 14.6. The van der Waals surface area contributed by atoms with Crippen LogP contribution >= 0.6 is 0 Å². The van der Waals surface area contributed by atoms with Gasteiger partial charge in [-0.3, -0.25) is 14.9 Å². The zero-order chi connectivity index (χ0) is 17.9. The van der Waals surface area contributed by atoms with Gasteiger partial charge in [0.05, 0.1) is 12.8 Å². The van der Waals surface area contributed by atoms with Gasteiger partial charge >= 0.3 is 0 Å². The summed E-state index contributed by atoms with van der Waals surface area (Å²) < 4.78 is 5.26. The second-order valence-corrected chi connectivity index (χ2v) is 6.42. The van der Waals surface area contributed by atoms with Gasteiger partial charge in [-0.2, -0.15) is 5.10 Å². The van der Waals surface area contributed by atoms with Crippen LogP contribution < -0.4 is 4.74 Å². The topological polar surface area (TPSA) is 71.1 Å². The van der Waals surface area contributed by atoms with E-state index in [9.17, 15) is 4.79 Å². The number of nitrogens with zero attached hydrogens (tertiary/aromatic N) is 3. The number of ether oxygens (including phenoxy) is 1. The molecule has 6 nitrogen and oxygen atoms in total. The molecular weight excluding hydrogens is 328 g/mol. The minimum atomic E-state index is -0.0223. The van der Waals surface area contributed by atoms with Gasteiger partial charge in [0.2, 0.25) is 0 Å². The van der Waals surface area contributed by atoms with E-state index in [2.05, 4.69) is 15.2 Å². The second kappa shape index (κ2) is 7.00. The summed E-state index contributed by atoms with van der Waals surface area (Å²) in [6.45, 7) is 0.583. The van der Waals surface area contributed by atoms with E-state index in [4.69, 9.17) is 4.74 Å². The minimum Gasteiger partial charge on any atom is -0.497 e. The molecule has 0 atom stereocenters. The van der Waals surface area contributed by atoms with Crippen molar-refractivity contribution >= 4 is 5.91 Å². The largest absolute Gasteiger partial charge is 0.497 e. The summed E-state index contributed by atoms with van der Waals surface area (Å²) in [6.07, 6.45) is 5.60. The number of H-pyrrole nitrogens is 1. The molecule has 1 fully saturated rings. The number of carbonyl (C=O) groups excluding carboxylic acids is 1. The molecule has 0 spiro atoms. The fourth-order valence-electron chi connectivity index (χ4n) is 2.95.